The molecule has 2 saturated carbocycles. The topological polar surface area (TPSA) is 116 Å². The molecule has 7 nitrogen and oxygen atoms in total. The Morgan fingerprint density at radius 3 is 1.66 bits per heavy atom. The second-order valence-electron chi connectivity index (χ2n) is 12.4. The van der Waals surface area contributed by atoms with Gasteiger partial charge in [0, 0.05) is 11.8 Å². The maximum absolute atomic E-state index is 12.3. The lowest BCUT2D eigenvalue weighted by Crippen LogP contribution is -2.58. The third kappa shape index (κ3) is 4.08. The van der Waals surface area contributed by atoms with E-state index in [0.29, 0.717) is 0 Å². The minimum Gasteiger partial charge on any atom is -0.463 e. The second-order valence-corrected chi connectivity index (χ2v) is 12.4. The minimum absolute atomic E-state index is 0.284. The van der Waals surface area contributed by atoms with E-state index in [1.807, 2.05) is 0 Å². The van der Waals surface area contributed by atoms with Gasteiger partial charge in [0.2, 0.25) is 5.79 Å². The lowest BCUT2D eigenvalue weighted by Gasteiger charge is -2.36. The Morgan fingerprint density at radius 2 is 1.17 bits per heavy atom. The highest BCUT2D eigenvalue weighted by Crippen LogP contribution is 2.86. The van der Waals surface area contributed by atoms with E-state index in [2.05, 4.69) is 6.92 Å². The summed E-state index contributed by atoms with van der Waals surface area (Å²) >= 11 is 0. The molecule has 4 N–H and O–H groups in total. The fraction of sp³-hybridized carbons (Fsp3) is 0.964. The zero-order chi connectivity index (χ0) is 26.2. The Kier molecular flexibility index (Phi) is 8.41. The summed E-state index contributed by atoms with van der Waals surface area (Å²) in [6, 6.07) is 0. The number of carbonyl (C=O) groups excluding carboxylic acids is 1. The number of carbonyl (C=O) groups is 1. The zero-order valence-electron chi connectivity index (χ0n) is 22.7. The van der Waals surface area contributed by atoms with Crippen LogP contribution in [0.4, 0.5) is 0 Å². The molecule has 35 heavy (non-hydrogen) atoms. The number of hydrogen-bond donors (Lipinski definition) is 4. The van der Waals surface area contributed by atoms with Crippen LogP contribution in [0.15, 0.2) is 0 Å². The molecular weight excluding hydrogens is 448 g/mol. The Bertz CT molecular complexity index is 752. The van der Waals surface area contributed by atoms with Crippen LogP contribution in [-0.2, 0) is 14.3 Å². The van der Waals surface area contributed by atoms with E-state index in [4.69, 9.17) is 9.47 Å². The van der Waals surface area contributed by atoms with Gasteiger partial charge >= 0.3 is 5.97 Å². The average Bonchev–Trinajstić information content (AvgIpc) is 3.36. The van der Waals surface area contributed by atoms with E-state index in [1.54, 1.807) is 27.7 Å². The van der Waals surface area contributed by atoms with Crippen molar-refractivity contribution in [3.63, 3.8) is 0 Å². The molecule has 0 aromatic heterocycles. The number of ether oxygens (including phenoxy) is 2. The van der Waals surface area contributed by atoms with Crippen molar-refractivity contribution >= 4 is 5.97 Å². The first-order valence-electron chi connectivity index (χ1n) is 14.0. The van der Waals surface area contributed by atoms with Gasteiger partial charge in [-0.2, -0.15) is 0 Å². The molecule has 1 heterocycles. The van der Waals surface area contributed by atoms with Crippen LogP contribution in [0.2, 0.25) is 0 Å². The summed E-state index contributed by atoms with van der Waals surface area (Å²) in [6.45, 7) is 8.38. The first-order valence-corrected chi connectivity index (χ1v) is 14.0. The van der Waals surface area contributed by atoms with E-state index in [1.165, 1.54) is 64.2 Å². The lowest BCUT2D eigenvalue weighted by atomic mass is 9.93. The first kappa shape index (κ1) is 28.8. The molecule has 0 aromatic carbocycles. The quantitative estimate of drug-likeness (QED) is 0.184. The van der Waals surface area contributed by atoms with Crippen LogP contribution >= 0.6 is 0 Å². The van der Waals surface area contributed by atoms with Gasteiger partial charge in [-0.1, -0.05) is 112 Å². The molecule has 3 rings (SSSR count). The molecule has 204 valence electrons. The highest BCUT2D eigenvalue weighted by atomic mass is 16.7. The molecule has 0 bridgehead atoms. The molecule has 7 heteroatoms. The summed E-state index contributed by atoms with van der Waals surface area (Å²) in [5, 5.41) is 44.6. The van der Waals surface area contributed by atoms with Gasteiger partial charge in [0.1, 0.15) is 23.9 Å². The molecule has 1 saturated heterocycles. The third-order valence-electron chi connectivity index (χ3n) is 9.71. The third-order valence-corrected chi connectivity index (χ3v) is 9.71. The van der Waals surface area contributed by atoms with Gasteiger partial charge in [-0.15, -0.1) is 0 Å². The molecule has 1 aliphatic heterocycles. The minimum atomic E-state index is -2.01. The summed E-state index contributed by atoms with van der Waals surface area (Å²) < 4.78 is 11.1. The average molecular weight is 499 g/mol. The molecule has 5 atom stereocenters. The first-order chi connectivity index (χ1) is 16.3. The number of rotatable bonds is 16. The molecule has 3 fully saturated rings. The van der Waals surface area contributed by atoms with Crippen LogP contribution < -0.4 is 0 Å². The molecular formula is C28H50O7. The van der Waals surface area contributed by atoms with Crippen molar-refractivity contribution in [2.75, 3.05) is 6.61 Å². The summed E-state index contributed by atoms with van der Waals surface area (Å²) in [4.78, 5) is 12.3. The van der Waals surface area contributed by atoms with Crippen molar-refractivity contribution in [1.29, 1.82) is 0 Å². The largest absolute Gasteiger partial charge is 0.463 e. The number of esters is 1. The normalized spacial score (nSPS) is 37.9. The van der Waals surface area contributed by atoms with Gasteiger partial charge in [-0.05, 0) is 6.42 Å². The van der Waals surface area contributed by atoms with Crippen molar-refractivity contribution < 1.29 is 34.7 Å². The van der Waals surface area contributed by atoms with Crippen molar-refractivity contribution in [2.45, 2.75) is 153 Å². The van der Waals surface area contributed by atoms with Crippen molar-refractivity contribution in [2.24, 2.45) is 10.8 Å². The van der Waals surface area contributed by atoms with Gasteiger partial charge in [0.15, 0.2) is 5.60 Å². The summed E-state index contributed by atoms with van der Waals surface area (Å²) in [5.74, 6) is -2.40. The number of hydrogen-bond acceptors (Lipinski definition) is 7. The molecule has 3 aliphatic rings. The van der Waals surface area contributed by atoms with E-state index in [-0.39, 0.29) is 19.0 Å². The lowest BCUT2D eigenvalue weighted by molar-refractivity contribution is -0.291. The second kappa shape index (κ2) is 10.2. The summed E-state index contributed by atoms with van der Waals surface area (Å²) in [5.41, 5.74) is -8.11. The SMILES string of the molecule is CCCCCCCCCCCCCCCC(=O)OC[C@H]1OC2(O)C(C)(C)[C@@]2(O)[C@]2(O)C(C)(C)[C@]12O. The van der Waals surface area contributed by atoms with E-state index in [9.17, 15) is 25.2 Å². The van der Waals surface area contributed by atoms with Gasteiger partial charge in [0.25, 0.3) is 0 Å². The Morgan fingerprint density at radius 1 is 0.714 bits per heavy atom. The standard InChI is InChI=1S/C28H50O7/c1-6-7-8-9-10-11-12-13-14-15-16-17-18-19-22(29)34-20-21-25(30)23(2,3)26(25,31)27(32)24(4,5)28(27,33)35-21/h21,30-33H,6-20H2,1-5H3/t21-,25-,26+,27-,28?/m1/s1. The van der Waals surface area contributed by atoms with Crippen LogP contribution in [0.1, 0.15) is 125 Å². The van der Waals surface area contributed by atoms with Crippen molar-refractivity contribution in [1.82, 2.24) is 0 Å². The van der Waals surface area contributed by atoms with Gasteiger partial charge in [0.05, 0.1) is 5.41 Å². The molecule has 0 radical (unpaired) electrons. The van der Waals surface area contributed by atoms with Crippen LogP contribution in [0.3, 0.4) is 0 Å². The summed E-state index contributed by atoms with van der Waals surface area (Å²) in [6.07, 6.45) is 15.2. The van der Waals surface area contributed by atoms with E-state index in [0.717, 1.165) is 19.3 Å². The molecule has 0 amide bonds. The Labute approximate surface area is 211 Å². The monoisotopic (exact) mass is 498 g/mol. The fourth-order valence-corrected chi connectivity index (χ4v) is 6.92. The maximum Gasteiger partial charge on any atom is 0.305 e. The van der Waals surface area contributed by atoms with Crippen molar-refractivity contribution in [3.05, 3.63) is 0 Å². The predicted octanol–water partition coefficient (Wildman–Crippen LogP) is 4.37. The smallest absolute Gasteiger partial charge is 0.305 e. The molecule has 2 aliphatic carbocycles. The molecule has 0 spiro atoms. The highest BCUT2D eigenvalue weighted by molar-refractivity contribution is 5.69. The maximum atomic E-state index is 12.3. The Hall–Kier alpha value is -0.730. The fourth-order valence-electron chi connectivity index (χ4n) is 6.92. The van der Waals surface area contributed by atoms with E-state index >= 15 is 0 Å². The van der Waals surface area contributed by atoms with Crippen LogP contribution in [0, 0.1) is 10.8 Å². The van der Waals surface area contributed by atoms with Crippen LogP contribution in [-0.4, -0.2) is 61.7 Å². The molecule has 0 aromatic rings. The zero-order valence-corrected chi connectivity index (χ0v) is 22.7. The predicted molar refractivity (Wildman–Crippen MR) is 134 cm³/mol. The van der Waals surface area contributed by atoms with Gasteiger partial charge in [-0.3, -0.25) is 4.79 Å². The van der Waals surface area contributed by atoms with E-state index < -0.39 is 39.5 Å². The number of unbranched alkanes of at least 4 members (excludes halogenated alkanes) is 12. The highest BCUT2D eigenvalue weighted by Gasteiger charge is 3.08. The van der Waals surface area contributed by atoms with Gasteiger partial charge in [-0.25, -0.2) is 0 Å². The van der Waals surface area contributed by atoms with Crippen LogP contribution in [0.5, 0.6) is 0 Å². The Balaban J connectivity index is 1.30. The summed E-state index contributed by atoms with van der Waals surface area (Å²) in [7, 11) is 0. The number of fused-ring (bicyclic) bond motifs is 3. The van der Waals surface area contributed by atoms with Gasteiger partial charge < -0.3 is 29.9 Å². The number of aliphatic hydroxyl groups is 4. The van der Waals surface area contributed by atoms with Crippen molar-refractivity contribution in [3.8, 4) is 0 Å². The van der Waals surface area contributed by atoms with Crippen LogP contribution in [0.25, 0.3) is 0 Å². The molecule has 1 unspecified atom stereocenters.